The third-order valence-corrected chi connectivity index (χ3v) is 12.6. The quantitative estimate of drug-likeness (QED) is 0.165. The fraction of sp³-hybridized carbons (Fsp3) is 0. The SMILES string of the molecule is c1ccc2cc(-c3c4ccccc4c(-c4ccc5sc6c7cc8c(cc7ccc6c5c4)sc4ccccc48)c4ccccc34)ccc2c1. The van der Waals surface area contributed by atoms with Gasteiger partial charge in [0.1, 0.15) is 0 Å². The molecule has 11 rings (SSSR count). The van der Waals surface area contributed by atoms with Crippen LogP contribution in [0.4, 0.5) is 0 Å². The topological polar surface area (TPSA) is 0 Å². The van der Waals surface area contributed by atoms with Crippen molar-refractivity contribution >= 4 is 106 Å². The Hall–Kier alpha value is -5.54. The van der Waals surface area contributed by atoms with E-state index in [1.807, 2.05) is 22.7 Å². The van der Waals surface area contributed by atoms with Crippen LogP contribution in [0.5, 0.6) is 0 Å². The molecule has 0 aliphatic rings. The predicted molar refractivity (Wildman–Crippen MR) is 213 cm³/mol. The molecule has 2 aromatic heterocycles. The first-order valence-corrected chi connectivity index (χ1v) is 18.1. The highest BCUT2D eigenvalue weighted by Gasteiger charge is 2.18. The summed E-state index contributed by atoms with van der Waals surface area (Å²) in [4.78, 5) is 0. The Kier molecular flexibility index (Phi) is 5.51. The molecule has 0 aliphatic heterocycles. The van der Waals surface area contributed by atoms with Crippen LogP contribution in [0.1, 0.15) is 0 Å². The van der Waals surface area contributed by atoms with Crippen molar-refractivity contribution < 1.29 is 0 Å². The molecule has 222 valence electrons. The molecule has 0 nitrogen and oxygen atoms in total. The summed E-state index contributed by atoms with van der Waals surface area (Å²) < 4.78 is 5.42. The molecule has 0 bridgehead atoms. The maximum atomic E-state index is 2.45. The largest absolute Gasteiger partial charge is 0.135 e. The van der Waals surface area contributed by atoms with Crippen LogP contribution in [-0.2, 0) is 0 Å². The lowest BCUT2D eigenvalue weighted by Crippen LogP contribution is -1.91. The number of hydrogen-bond donors (Lipinski definition) is 0. The minimum Gasteiger partial charge on any atom is -0.135 e. The van der Waals surface area contributed by atoms with Crippen molar-refractivity contribution in [1.29, 1.82) is 0 Å². The fourth-order valence-electron chi connectivity index (χ4n) is 8.03. The Balaban J connectivity index is 1.18. The second-order valence-electron chi connectivity index (χ2n) is 12.8. The van der Waals surface area contributed by atoms with Gasteiger partial charge in [-0.3, -0.25) is 0 Å². The molecule has 2 heterocycles. The van der Waals surface area contributed by atoms with Crippen molar-refractivity contribution in [2.45, 2.75) is 0 Å². The molecule has 9 aromatic carbocycles. The molecule has 0 unspecified atom stereocenters. The van der Waals surface area contributed by atoms with Gasteiger partial charge in [0, 0.05) is 45.7 Å². The van der Waals surface area contributed by atoms with Gasteiger partial charge in [-0.1, -0.05) is 121 Å². The van der Waals surface area contributed by atoms with E-state index in [9.17, 15) is 0 Å². The van der Waals surface area contributed by atoms with Gasteiger partial charge in [-0.2, -0.15) is 0 Å². The summed E-state index contributed by atoms with van der Waals surface area (Å²) in [6, 6.07) is 58.9. The van der Waals surface area contributed by atoms with Crippen LogP contribution in [0.25, 0.3) is 106 Å². The first-order valence-electron chi connectivity index (χ1n) is 16.4. The third kappa shape index (κ3) is 3.76. The molecule has 11 aromatic rings. The third-order valence-electron chi connectivity index (χ3n) is 10.2. The zero-order chi connectivity index (χ0) is 31.3. The number of rotatable bonds is 2. The van der Waals surface area contributed by atoms with Gasteiger partial charge in [0.2, 0.25) is 0 Å². The normalized spacial score (nSPS) is 12.2. The van der Waals surface area contributed by atoms with Crippen molar-refractivity contribution in [2.24, 2.45) is 0 Å². The van der Waals surface area contributed by atoms with Crippen LogP contribution in [-0.4, -0.2) is 0 Å². The van der Waals surface area contributed by atoms with E-state index in [-0.39, 0.29) is 0 Å². The lowest BCUT2D eigenvalue weighted by atomic mass is 9.85. The Labute approximate surface area is 284 Å². The molecule has 0 saturated heterocycles. The summed E-state index contributed by atoms with van der Waals surface area (Å²) in [5, 5.41) is 15.7. The van der Waals surface area contributed by atoms with Crippen LogP contribution in [0.3, 0.4) is 0 Å². The molecule has 0 saturated carbocycles. The predicted octanol–water partition coefficient (Wildman–Crippen LogP) is 14.4. The summed E-state index contributed by atoms with van der Waals surface area (Å²) in [5.74, 6) is 0. The summed E-state index contributed by atoms with van der Waals surface area (Å²) in [6.45, 7) is 0. The van der Waals surface area contributed by atoms with Crippen molar-refractivity contribution in [3.05, 3.63) is 158 Å². The second-order valence-corrected chi connectivity index (χ2v) is 15.0. The van der Waals surface area contributed by atoms with Crippen LogP contribution in [0.15, 0.2) is 158 Å². The van der Waals surface area contributed by atoms with E-state index in [0.717, 1.165) is 0 Å². The van der Waals surface area contributed by atoms with Crippen molar-refractivity contribution in [1.82, 2.24) is 0 Å². The zero-order valence-corrected chi connectivity index (χ0v) is 27.5. The van der Waals surface area contributed by atoms with Gasteiger partial charge in [0.05, 0.1) is 0 Å². The molecule has 0 fully saturated rings. The summed E-state index contributed by atoms with van der Waals surface area (Å²) in [7, 11) is 0. The maximum Gasteiger partial charge on any atom is 0.0434 e. The molecule has 48 heavy (non-hydrogen) atoms. The van der Waals surface area contributed by atoms with Crippen molar-refractivity contribution in [3.63, 3.8) is 0 Å². The Morgan fingerprint density at radius 3 is 1.58 bits per heavy atom. The van der Waals surface area contributed by atoms with Gasteiger partial charge >= 0.3 is 0 Å². The van der Waals surface area contributed by atoms with E-state index >= 15 is 0 Å². The van der Waals surface area contributed by atoms with Crippen LogP contribution in [0, 0.1) is 0 Å². The number of benzene rings is 9. The van der Waals surface area contributed by atoms with Gasteiger partial charge < -0.3 is 0 Å². The zero-order valence-electron chi connectivity index (χ0n) is 25.8. The van der Waals surface area contributed by atoms with Gasteiger partial charge in [-0.25, -0.2) is 0 Å². The van der Waals surface area contributed by atoms with Gasteiger partial charge in [-0.05, 0) is 96.4 Å². The Bertz CT molecular complexity index is 3060. The molecular weight excluding hydrogens is 617 g/mol. The van der Waals surface area contributed by atoms with Crippen LogP contribution < -0.4 is 0 Å². The van der Waals surface area contributed by atoms with Crippen LogP contribution >= 0.6 is 22.7 Å². The summed E-state index contributed by atoms with van der Waals surface area (Å²) in [5.41, 5.74) is 5.13. The van der Waals surface area contributed by atoms with Gasteiger partial charge in [0.15, 0.2) is 0 Å². The number of fused-ring (bicyclic) bond motifs is 11. The molecule has 0 amide bonds. The second kappa shape index (κ2) is 9.98. The smallest absolute Gasteiger partial charge is 0.0434 e. The molecule has 0 aliphatic carbocycles. The highest BCUT2D eigenvalue weighted by molar-refractivity contribution is 7.27. The van der Waals surface area contributed by atoms with Gasteiger partial charge in [-0.15, -0.1) is 22.7 Å². The van der Waals surface area contributed by atoms with Crippen molar-refractivity contribution in [2.75, 3.05) is 0 Å². The lowest BCUT2D eigenvalue weighted by Gasteiger charge is -2.18. The summed E-state index contributed by atoms with van der Waals surface area (Å²) >= 11 is 3.81. The van der Waals surface area contributed by atoms with E-state index in [4.69, 9.17) is 0 Å². The molecule has 0 N–H and O–H groups in total. The standard InChI is InChI=1S/C46H26S2/c1-2-10-28-23-30(18-17-27(28)9-1)44-33-12-3-5-14-35(33)45(36-15-6-4-13-34(36)44)31-20-22-42-39(24-31)37-21-19-29-25-43-40(26-38(29)46(37)48-42)32-11-7-8-16-41(32)47-43/h1-26H. The average molecular weight is 643 g/mol. The first-order chi connectivity index (χ1) is 23.8. The maximum absolute atomic E-state index is 2.45. The Morgan fingerprint density at radius 1 is 0.271 bits per heavy atom. The van der Waals surface area contributed by atoms with E-state index in [1.54, 1.807) is 0 Å². The van der Waals surface area contributed by atoms with E-state index in [2.05, 4.69) is 158 Å². The number of hydrogen-bond acceptors (Lipinski definition) is 2. The van der Waals surface area contributed by atoms with Crippen molar-refractivity contribution in [3.8, 4) is 22.3 Å². The van der Waals surface area contributed by atoms with E-state index < -0.39 is 0 Å². The monoisotopic (exact) mass is 642 g/mol. The average Bonchev–Trinajstić information content (AvgIpc) is 3.70. The highest BCUT2D eigenvalue weighted by Crippen LogP contribution is 2.47. The molecular formula is C46H26S2. The molecule has 0 radical (unpaired) electrons. The molecule has 2 heteroatoms. The van der Waals surface area contributed by atoms with E-state index in [1.165, 1.54) is 106 Å². The number of thiophene rings is 2. The highest BCUT2D eigenvalue weighted by atomic mass is 32.1. The van der Waals surface area contributed by atoms with Gasteiger partial charge in [0.25, 0.3) is 0 Å². The summed E-state index contributed by atoms with van der Waals surface area (Å²) in [6.07, 6.45) is 0. The lowest BCUT2D eigenvalue weighted by molar-refractivity contribution is 1.69. The minimum absolute atomic E-state index is 1.26. The minimum atomic E-state index is 1.26. The molecule has 0 spiro atoms. The van der Waals surface area contributed by atoms with Crippen LogP contribution in [0.2, 0.25) is 0 Å². The first kappa shape index (κ1) is 26.5. The van der Waals surface area contributed by atoms with E-state index in [0.29, 0.717) is 0 Å². The molecule has 0 atom stereocenters. The Morgan fingerprint density at radius 2 is 0.833 bits per heavy atom. The fourth-order valence-corrected chi connectivity index (χ4v) is 10.4.